The van der Waals surface area contributed by atoms with E-state index in [4.69, 9.17) is 16.3 Å². The molecule has 1 saturated heterocycles. The number of hydrogen-bond acceptors (Lipinski definition) is 2. The highest BCUT2D eigenvalue weighted by molar-refractivity contribution is 9.10. The van der Waals surface area contributed by atoms with Gasteiger partial charge in [0.2, 0.25) is 0 Å². The predicted molar refractivity (Wildman–Crippen MR) is 65.4 cm³/mol. The maximum Gasteiger partial charge on any atom is 0.129 e. The maximum absolute atomic E-state index is 13.7. The van der Waals surface area contributed by atoms with Crippen LogP contribution in [0.2, 0.25) is 5.02 Å². The van der Waals surface area contributed by atoms with Crippen LogP contribution in [0, 0.1) is 5.82 Å². The fraction of sp³-hybridized carbons (Fsp3) is 0.455. The molecular formula is C11H12BrClFNO. The van der Waals surface area contributed by atoms with Crippen LogP contribution in [-0.4, -0.2) is 25.8 Å². The van der Waals surface area contributed by atoms with Crippen molar-refractivity contribution in [1.82, 2.24) is 5.32 Å². The first kappa shape index (κ1) is 12.3. The molecule has 1 aromatic rings. The van der Waals surface area contributed by atoms with Gasteiger partial charge in [0, 0.05) is 34.6 Å². The Balaban J connectivity index is 2.14. The van der Waals surface area contributed by atoms with E-state index in [1.54, 1.807) is 6.07 Å². The van der Waals surface area contributed by atoms with Crippen molar-refractivity contribution in [3.8, 4) is 0 Å². The van der Waals surface area contributed by atoms with Gasteiger partial charge in [-0.2, -0.15) is 0 Å². The molecule has 0 aromatic heterocycles. The van der Waals surface area contributed by atoms with Crippen molar-refractivity contribution in [1.29, 1.82) is 0 Å². The van der Waals surface area contributed by atoms with Gasteiger partial charge in [-0.25, -0.2) is 4.39 Å². The van der Waals surface area contributed by atoms with E-state index in [1.165, 1.54) is 6.07 Å². The van der Waals surface area contributed by atoms with Gasteiger partial charge in [-0.3, -0.25) is 0 Å². The van der Waals surface area contributed by atoms with E-state index in [-0.39, 0.29) is 11.9 Å². The Morgan fingerprint density at radius 1 is 1.56 bits per heavy atom. The van der Waals surface area contributed by atoms with Crippen LogP contribution >= 0.6 is 27.5 Å². The molecule has 0 radical (unpaired) electrons. The van der Waals surface area contributed by atoms with E-state index in [0.717, 1.165) is 13.1 Å². The lowest BCUT2D eigenvalue weighted by atomic mass is 10.1. The second-order valence-electron chi connectivity index (χ2n) is 3.75. The second-order valence-corrected chi connectivity index (χ2v) is 5.04. The van der Waals surface area contributed by atoms with E-state index in [1.807, 2.05) is 0 Å². The quantitative estimate of drug-likeness (QED) is 0.907. The van der Waals surface area contributed by atoms with Crippen molar-refractivity contribution in [3.63, 3.8) is 0 Å². The number of halogens is 3. The molecule has 0 spiro atoms. The summed E-state index contributed by atoms with van der Waals surface area (Å²) in [5, 5.41) is 3.62. The number of ether oxygens (including phenoxy) is 1. The molecule has 1 atom stereocenters. The molecule has 1 aromatic carbocycles. The first-order valence-corrected chi connectivity index (χ1v) is 6.29. The van der Waals surface area contributed by atoms with E-state index >= 15 is 0 Å². The third-order valence-electron chi connectivity index (χ3n) is 2.54. The minimum Gasteiger partial charge on any atom is -0.375 e. The number of morpholine rings is 1. The Bertz CT molecular complexity index is 359. The summed E-state index contributed by atoms with van der Waals surface area (Å²) in [6, 6.07) is 3.04. The van der Waals surface area contributed by atoms with Gasteiger partial charge in [0.15, 0.2) is 0 Å². The lowest BCUT2D eigenvalue weighted by molar-refractivity contribution is 0.0286. The summed E-state index contributed by atoms with van der Waals surface area (Å²) in [6.07, 6.45) is 0.581. The zero-order valence-electron chi connectivity index (χ0n) is 8.60. The van der Waals surface area contributed by atoms with Crippen molar-refractivity contribution in [3.05, 3.63) is 33.0 Å². The average molecular weight is 309 g/mol. The molecule has 1 aliphatic heterocycles. The molecule has 1 heterocycles. The maximum atomic E-state index is 13.7. The van der Waals surface area contributed by atoms with Crippen LogP contribution in [0.1, 0.15) is 5.56 Å². The number of benzene rings is 1. The van der Waals surface area contributed by atoms with Gasteiger partial charge in [-0.15, -0.1) is 0 Å². The fourth-order valence-electron chi connectivity index (χ4n) is 1.75. The lowest BCUT2D eigenvalue weighted by Crippen LogP contribution is -2.39. The lowest BCUT2D eigenvalue weighted by Gasteiger charge is -2.24. The van der Waals surface area contributed by atoms with Crippen LogP contribution in [-0.2, 0) is 11.2 Å². The van der Waals surface area contributed by atoms with Gasteiger partial charge in [0.25, 0.3) is 0 Å². The summed E-state index contributed by atoms with van der Waals surface area (Å²) in [6.45, 7) is 2.30. The van der Waals surface area contributed by atoms with Gasteiger partial charge >= 0.3 is 0 Å². The Kier molecular flexibility index (Phi) is 4.19. The highest BCUT2D eigenvalue weighted by Gasteiger charge is 2.18. The monoisotopic (exact) mass is 307 g/mol. The van der Waals surface area contributed by atoms with Crippen LogP contribution in [0.4, 0.5) is 4.39 Å². The summed E-state index contributed by atoms with van der Waals surface area (Å²) >= 11 is 9.08. The minimum absolute atomic E-state index is 0.0284. The number of nitrogens with one attached hydrogen (secondary N) is 1. The van der Waals surface area contributed by atoms with Crippen LogP contribution in [0.3, 0.4) is 0 Å². The first-order chi connectivity index (χ1) is 7.66. The Hall–Kier alpha value is -0.160. The summed E-state index contributed by atoms with van der Waals surface area (Å²) < 4.78 is 19.9. The van der Waals surface area contributed by atoms with Crippen LogP contribution < -0.4 is 5.32 Å². The predicted octanol–water partition coefficient (Wildman–Crippen LogP) is 2.77. The third-order valence-corrected chi connectivity index (χ3v) is 3.47. The van der Waals surface area contributed by atoms with Gasteiger partial charge in [-0.1, -0.05) is 27.5 Å². The first-order valence-electron chi connectivity index (χ1n) is 5.12. The Morgan fingerprint density at radius 3 is 3.00 bits per heavy atom. The fourth-order valence-corrected chi connectivity index (χ4v) is 2.68. The zero-order chi connectivity index (χ0) is 11.5. The summed E-state index contributed by atoms with van der Waals surface area (Å²) in [4.78, 5) is 0. The van der Waals surface area contributed by atoms with E-state index in [9.17, 15) is 4.39 Å². The van der Waals surface area contributed by atoms with Crippen molar-refractivity contribution in [2.45, 2.75) is 12.5 Å². The van der Waals surface area contributed by atoms with Crippen molar-refractivity contribution in [2.75, 3.05) is 19.7 Å². The minimum atomic E-state index is -0.284. The third kappa shape index (κ3) is 2.94. The summed E-state index contributed by atoms with van der Waals surface area (Å²) in [5.41, 5.74) is 0.623. The molecule has 2 rings (SSSR count). The van der Waals surface area contributed by atoms with Gasteiger partial charge < -0.3 is 10.1 Å². The highest BCUT2D eigenvalue weighted by Crippen LogP contribution is 2.26. The molecule has 1 unspecified atom stereocenters. The molecule has 0 aliphatic carbocycles. The Labute approximate surface area is 107 Å². The van der Waals surface area contributed by atoms with Crippen LogP contribution in [0.5, 0.6) is 0 Å². The SMILES string of the molecule is Fc1cc(Cl)cc(Br)c1CC1CNCCO1. The molecule has 88 valence electrons. The molecule has 16 heavy (non-hydrogen) atoms. The second kappa shape index (κ2) is 5.45. The van der Waals surface area contributed by atoms with Crippen molar-refractivity contribution in [2.24, 2.45) is 0 Å². The molecule has 1 fully saturated rings. The van der Waals surface area contributed by atoms with Crippen molar-refractivity contribution >= 4 is 27.5 Å². The van der Waals surface area contributed by atoms with E-state index < -0.39 is 0 Å². The topological polar surface area (TPSA) is 21.3 Å². The number of rotatable bonds is 2. The van der Waals surface area contributed by atoms with Gasteiger partial charge in [0.1, 0.15) is 5.82 Å². The van der Waals surface area contributed by atoms with E-state index in [2.05, 4.69) is 21.2 Å². The standard InChI is InChI=1S/C11H12BrClFNO/c12-10-3-7(13)4-11(14)9(10)5-8-6-15-1-2-16-8/h3-4,8,15H,1-2,5-6H2. The zero-order valence-corrected chi connectivity index (χ0v) is 10.9. The smallest absolute Gasteiger partial charge is 0.129 e. The molecule has 0 amide bonds. The highest BCUT2D eigenvalue weighted by atomic mass is 79.9. The van der Waals surface area contributed by atoms with Crippen LogP contribution in [0.15, 0.2) is 16.6 Å². The molecular weight excluding hydrogens is 296 g/mol. The summed E-state index contributed by atoms with van der Waals surface area (Å²) in [5.74, 6) is -0.284. The normalized spacial score (nSPS) is 21.1. The molecule has 0 bridgehead atoms. The molecule has 1 aliphatic rings. The molecule has 0 saturated carbocycles. The molecule has 2 nitrogen and oxygen atoms in total. The van der Waals surface area contributed by atoms with Gasteiger partial charge in [0.05, 0.1) is 12.7 Å². The molecule has 5 heteroatoms. The Morgan fingerprint density at radius 2 is 2.38 bits per heavy atom. The van der Waals surface area contributed by atoms with Crippen LogP contribution in [0.25, 0.3) is 0 Å². The van der Waals surface area contributed by atoms with Gasteiger partial charge in [-0.05, 0) is 12.1 Å². The summed E-state index contributed by atoms with van der Waals surface area (Å²) in [7, 11) is 0. The molecule has 1 N–H and O–H groups in total. The van der Waals surface area contributed by atoms with Crippen molar-refractivity contribution < 1.29 is 9.13 Å². The largest absolute Gasteiger partial charge is 0.375 e. The number of hydrogen-bond donors (Lipinski definition) is 1. The van der Waals surface area contributed by atoms with E-state index in [0.29, 0.717) is 28.1 Å². The average Bonchev–Trinajstić information content (AvgIpc) is 2.25.